The second kappa shape index (κ2) is 5.78. The lowest BCUT2D eigenvalue weighted by Crippen LogP contribution is -2.35. The van der Waals surface area contributed by atoms with Crippen LogP contribution in [0, 0.1) is 0 Å². The SMILES string of the molecule is CCCc1nc(CNC(C)(C)C)sc1CC. The zero-order valence-corrected chi connectivity index (χ0v) is 12.0. The fraction of sp³-hybridized carbons (Fsp3) is 0.769. The fourth-order valence-electron chi connectivity index (χ4n) is 1.56. The van der Waals surface area contributed by atoms with Crippen molar-refractivity contribution in [2.24, 2.45) is 0 Å². The van der Waals surface area contributed by atoms with Gasteiger partial charge in [0.05, 0.1) is 5.69 Å². The van der Waals surface area contributed by atoms with Crippen LogP contribution in [0.2, 0.25) is 0 Å². The molecule has 16 heavy (non-hydrogen) atoms. The molecule has 0 saturated carbocycles. The summed E-state index contributed by atoms with van der Waals surface area (Å²) in [5.41, 5.74) is 1.49. The van der Waals surface area contributed by atoms with Gasteiger partial charge < -0.3 is 5.32 Å². The van der Waals surface area contributed by atoms with E-state index in [1.165, 1.54) is 22.0 Å². The molecule has 92 valence electrons. The average Bonchev–Trinajstić information content (AvgIpc) is 2.57. The molecule has 3 heteroatoms. The van der Waals surface area contributed by atoms with Gasteiger partial charge in [0.1, 0.15) is 5.01 Å². The van der Waals surface area contributed by atoms with Gasteiger partial charge in [-0.3, -0.25) is 0 Å². The first kappa shape index (κ1) is 13.7. The zero-order chi connectivity index (χ0) is 12.2. The van der Waals surface area contributed by atoms with E-state index >= 15 is 0 Å². The van der Waals surface area contributed by atoms with Crippen LogP contribution in [0.1, 0.15) is 56.6 Å². The third kappa shape index (κ3) is 4.22. The van der Waals surface area contributed by atoms with Gasteiger partial charge in [0.15, 0.2) is 0 Å². The largest absolute Gasteiger partial charge is 0.306 e. The number of nitrogens with one attached hydrogen (secondary N) is 1. The summed E-state index contributed by atoms with van der Waals surface area (Å²) in [5, 5.41) is 4.72. The Hall–Kier alpha value is -0.410. The van der Waals surface area contributed by atoms with Crippen molar-refractivity contribution in [1.29, 1.82) is 0 Å². The van der Waals surface area contributed by atoms with E-state index in [0.717, 1.165) is 19.4 Å². The van der Waals surface area contributed by atoms with Gasteiger partial charge in [-0.15, -0.1) is 11.3 Å². The molecule has 2 nitrogen and oxygen atoms in total. The van der Waals surface area contributed by atoms with Crippen molar-refractivity contribution in [2.45, 2.75) is 66.0 Å². The lowest BCUT2D eigenvalue weighted by atomic mass is 10.1. The van der Waals surface area contributed by atoms with Crippen LogP contribution < -0.4 is 5.32 Å². The molecule has 0 aliphatic rings. The summed E-state index contributed by atoms with van der Waals surface area (Å²) in [5.74, 6) is 0. The maximum Gasteiger partial charge on any atom is 0.107 e. The minimum absolute atomic E-state index is 0.170. The third-order valence-electron chi connectivity index (χ3n) is 2.40. The summed E-state index contributed by atoms with van der Waals surface area (Å²) < 4.78 is 0. The van der Waals surface area contributed by atoms with Crippen LogP contribution in [0.15, 0.2) is 0 Å². The molecule has 0 saturated heterocycles. The number of rotatable bonds is 5. The van der Waals surface area contributed by atoms with Crippen LogP contribution in [-0.4, -0.2) is 10.5 Å². The van der Waals surface area contributed by atoms with Crippen molar-refractivity contribution >= 4 is 11.3 Å². The Bertz CT molecular complexity index is 323. The fourth-order valence-corrected chi connectivity index (χ4v) is 2.56. The van der Waals surface area contributed by atoms with Crippen LogP contribution in [0.3, 0.4) is 0 Å². The molecule has 0 atom stereocenters. The van der Waals surface area contributed by atoms with E-state index in [-0.39, 0.29) is 5.54 Å². The molecule has 1 aromatic rings. The number of thiazole rings is 1. The van der Waals surface area contributed by atoms with Gasteiger partial charge in [0, 0.05) is 17.0 Å². The molecule has 1 heterocycles. The number of hydrogen-bond acceptors (Lipinski definition) is 3. The van der Waals surface area contributed by atoms with Crippen molar-refractivity contribution in [1.82, 2.24) is 10.3 Å². The lowest BCUT2D eigenvalue weighted by molar-refractivity contribution is 0.423. The van der Waals surface area contributed by atoms with Gasteiger partial charge in [-0.25, -0.2) is 4.98 Å². The lowest BCUT2D eigenvalue weighted by Gasteiger charge is -2.19. The third-order valence-corrected chi connectivity index (χ3v) is 3.64. The van der Waals surface area contributed by atoms with Crippen molar-refractivity contribution in [3.8, 4) is 0 Å². The summed E-state index contributed by atoms with van der Waals surface area (Å²) in [7, 11) is 0. The highest BCUT2D eigenvalue weighted by atomic mass is 32.1. The number of aryl methyl sites for hydroxylation is 2. The second-order valence-corrected chi connectivity index (χ2v) is 6.35. The van der Waals surface area contributed by atoms with Crippen molar-refractivity contribution in [3.05, 3.63) is 15.6 Å². The summed E-state index contributed by atoms with van der Waals surface area (Å²) in [4.78, 5) is 6.20. The Balaban J connectivity index is 2.67. The number of aromatic nitrogens is 1. The Morgan fingerprint density at radius 2 is 1.94 bits per heavy atom. The first-order valence-electron chi connectivity index (χ1n) is 6.18. The molecule has 1 aromatic heterocycles. The Labute approximate surface area is 103 Å². The smallest absolute Gasteiger partial charge is 0.107 e. The molecule has 0 aromatic carbocycles. The minimum atomic E-state index is 0.170. The minimum Gasteiger partial charge on any atom is -0.306 e. The number of hydrogen-bond donors (Lipinski definition) is 1. The molecule has 0 unspecified atom stereocenters. The molecule has 1 rings (SSSR count). The molecule has 0 aliphatic carbocycles. The van der Waals surface area contributed by atoms with E-state index in [1.807, 2.05) is 11.3 Å². The maximum atomic E-state index is 4.73. The highest BCUT2D eigenvalue weighted by molar-refractivity contribution is 7.11. The van der Waals surface area contributed by atoms with E-state index in [9.17, 15) is 0 Å². The molecular formula is C13H24N2S. The van der Waals surface area contributed by atoms with Crippen molar-refractivity contribution < 1.29 is 0 Å². The van der Waals surface area contributed by atoms with Gasteiger partial charge in [-0.05, 0) is 33.6 Å². The Morgan fingerprint density at radius 3 is 2.44 bits per heavy atom. The first-order valence-corrected chi connectivity index (χ1v) is 7.00. The van der Waals surface area contributed by atoms with Crippen LogP contribution in [0.5, 0.6) is 0 Å². The predicted octanol–water partition coefficient (Wildman–Crippen LogP) is 3.55. The highest BCUT2D eigenvalue weighted by Gasteiger charge is 2.12. The normalized spacial score (nSPS) is 12.1. The maximum absolute atomic E-state index is 4.73. The zero-order valence-electron chi connectivity index (χ0n) is 11.2. The van der Waals surface area contributed by atoms with E-state index in [0.29, 0.717) is 0 Å². The molecular weight excluding hydrogens is 216 g/mol. The van der Waals surface area contributed by atoms with E-state index < -0.39 is 0 Å². The molecule has 0 amide bonds. The predicted molar refractivity (Wildman–Crippen MR) is 72.1 cm³/mol. The van der Waals surface area contributed by atoms with Gasteiger partial charge in [-0.1, -0.05) is 20.3 Å². The number of nitrogens with zero attached hydrogens (tertiary/aromatic N) is 1. The summed E-state index contributed by atoms with van der Waals surface area (Å²) in [6.45, 7) is 11.9. The van der Waals surface area contributed by atoms with Crippen LogP contribution in [0.25, 0.3) is 0 Å². The Morgan fingerprint density at radius 1 is 1.25 bits per heavy atom. The molecule has 0 radical (unpaired) electrons. The van der Waals surface area contributed by atoms with Crippen LogP contribution in [0.4, 0.5) is 0 Å². The van der Waals surface area contributed by atoms with Crippen molar-refractivity contribution in [2.75, 3.05) is 0 Å². The van der Waals surface area contributed by atoms with E-state index in [2.05, 4.69) is 39.9 Å². The molecule has 0 aliphatic heterocycles. The standard InChI is InChI=1S/C13H24N2S/c1-6-8-10-11(7-2)16-12(15-10)9-14-13(3,4)5/h14H,6-9H2,1-5H3. The van der Waals surface area contributed by atoms with Crippen LogP contribution in [-0.2, 0) is 19.4 Å². The average molecular weight is 240 g/mol. The van der Waals surface area contributed by atoms with Gasteiger partial charge >= 0.3 is 0 Å². The van der Waals surface area contributed by atoms with Gasteiger partial charge in [0.25, 0.3) is 0 Å². The topological polar surface area (TPSA) is 24.9 Å². The summed E-state index contributed by atoms with van der Waals surface area (Å²) >= 11 is 1.87. The molecule has 0 spiro atoms. The summed E-state index contributed by atoms with van der Waals surface area (Å²) in [6, 6.07) is 0. The molecule has 1 N–H and O–H groups in total. The van der Waals surface area contributed by atoms with E-state index in [4.69, 9.17) is 4.98 Å². The first-order chi connectivity index (χ1) is 7.46. The van der Waals surface area contributed by atoms with Crippen LogP contribution >= 0.6 is 11.3 Å². The van der Waals surface area contributed by atoms with Gasteiger partial charge in [-0.2, -0.15) is 0 Å². The quantitative estimate of drug-likeness (QED) is 0.851. The summed E-state index contributed by atoms with van der Waals surface area (Å²) in [6.07, 6.45) is 3.42. The van der Waals surface area contributed by atoms with Gasteiger partial charge in [0.2, 0.25) is 0 Å². The Kier molecular flexibility index (Phi) is 4.93. The molecule has 0 fully saturated rings. The van der Waals surface area contributed by atoms with Crippen molar-refractivity contribution in [3.63, 3.8) is 0 Å². The van der Waals surface area contributed by atoms with E-state index in [1.54, 1.807) is 0 Å². The second-order valence-electron chi connectivity index (χ2n) is 5.18. The highest BCUT2D eigenvalue weighted by Crippen LogP contribution is 2.21. The monoisotopic (exact) mass is 240 g/mol. The molecule has 0 bridgehead atoms.